The van der Waals surface area contributed by atoms with E-state index in [9.17, 15) is 36.3 Å². The van der Waals surface area contributed by atoms with Crippen molar-refractivity contribution in [2.24, 2.45) is 0 Å². The number of imide groups is 1. The Bertz CT molecular complexity index is 1730. The molecule has 14 heteroatoms. The van der Waals surface area contributed by atoms with Gasteiger partial charge < -0.3 is 4.90 Å². The zero-order valence-corrected chi connectivity index (χ0v) is 22.1. The molecule has 2 aromatic heterocycles. The third kappa shape index (κ3) is 4.87. The van der Waals surface area contributed by atoms with E-state index in [4.69, 9.17) is 0 Å². The van der Waals surface area contributed by atoms with Crippen molar-refractivity contribution in [2.75, 3.05) is 18.0 Å². The van der Waals surface area contributed by atoms with Crippen LogP contribution in [0.5, 0.6) is 0 Å². The minimum atomic E-state index is -4.89. The average molecular weight is 597 g/mol. The number of hydrogen-bond acceptors (Lipinski definition) is 5. The topological polar surface area (TPSA) is 100 Å². The Kier molecular flexibility index (Phi) is 6.70. The molecule has 2 fully saturated rings. The van der Waals surface area contributed by atoms with Crippen LogP contribution in [0.2, 0.25) is 0 Å². The number of halogens is 5. The monoisotopic (exact) mass is 596 g/mol. The molecule has 220 valence electrons. The number of likely N-dealkylation sites (tertiary alicyclic amines) is 1. The predicted molar refractivity (Wildman–Crippen MR) is 142 cm³/mol. The molecule has 4 amide bonds. The third-order valence-corrected chi connectivity index (χ3v) is 7.63. The Morgan fingerprint density at radius 3 is 2.26 bits per heavy atom. The predicted octanol–water partition coefficient (Wildman–Crippen LogP) is 4.96. The molecule has 1 spiro atoms. The Morgan fingerprint density at radius 1 is 0.930 bits per heavy atom. The van der Waals surface area contributed by atoms with Crippen LogP contribution < -0.4 is 10.2 Å². The van der Waals surface area contributed by atoms with Crippen LogP contribution in [0.25, 0.3) is 16.9 Å². The van der Waals surface area contributed by atoms with Crippen LogP contribution in [0, 0.1) is 11.6 Å². The first-order valence-corrected chi connectivity index (χ1v) is 13.1. The molecule has 9 nitrogen and oxygen atoms in total. The normalized spacial score (nSPS) is 16.6. The maximum Gasteiger partial charge on any atom is 0.419 e. The molecule has 0 radical (unpaired) electrons. The maximum atomic E-state index is 14.5. The van der Waals surface area contributed by atoms with Gasteiger partial charge in [-0.05, 0) is 67.4 Å². The summed E-state index contributed by atoms with van der Waals surface area (Å²) in [6.45, 7) is 0.114. The summed E-state index contributed by atoms with van der Waals surface area (Å²) >= 11 is 0. The number of rotatable bonds is 4. The molecule has 0 aliphatic carbocycles. The molecule has 2 aromatic carbocycles. The molecule has 6 rings (SSSR count). The van der Waals surface area contributed by atoms with Crippen LogP contribution in [0.4, 0.5) is 32.4 Å². The van der Waals surface area contributed by atoms with Gasteiger partial charge in [-0.1, -0.05) is 0 Å². The quantitative estimate of drug-likeness (QED) is 0.265. The lowest BCUT2D eigenvalue weighted by Crippen LogP contribution is -2.57. The Balaban J connectivity index is 1.30. The molecule has 4 aromatic rings. The van der Waals surface area contributed by atoms with E-state index < -0.39 is 46.8 Å². The molecule has 43 heavy (non-hydrogen) atoms. The lowest BCUT2D eigenvalue weighted by molar-refractivity contribution is -0.140. The molecular weight excluding hydrogens is 575 g/mol. The summed E-state index contributed by atoms with van der Waals surface area (Å²) in [4.78, 5) is 46.0. The van der Waals surface area contributed by atoms with Crippen molar-refractivity contribution in [3.8, 4) is 16.9 Å². The first kappa shape index (κ1) is 28.0. The number of benzene rings is 2. The van der Waals surface area contributed by atoms with E-state index in [1.807, 2.05) is 0 Å². The average Bonchev–Trinajstić information content (AvgIpc) is 3.53. The van der Waals surface area contributed by atoms with Gasteiger partial charge in [-0.25, -0.2) is 18.3 Å². The highest BCUT2D eigenvalue weighted by Gasteiger charge is 2.55. The number of amides is 4. The number of carbonyl (C=O) groups is 3. The van der Waals surface area contributed by atoms with E-state index >= 15 is 0 Å². The van der Waals surface area contributed by atoms with E-state index in [0.29, 0.717) is 23.4 Å². The smallest absolute Gasteiger partial charge is 0.337 e. The number of piperidine rings is 1. The SMILES string of the molecule is O=C(c1cc(-c2cccnc2)n(-c2ccc(C(F)(F)F)c(F)c2)n1)N1CCC2(CC1)C(=O)NC(=O)N2c1ccc(F)cc1. The number of nitrogens with one attached hydrogen (secondary N) is 1. The first-order chi connectivity index (χ1) is 20.5. The fourth-order valence-corrected chi connectivity index (χ4v) is 5.48. The number of carbonyl (C=O) groups excluding carboxylic acids is 3. The van der Waals surface area contributed by atoms with Crippen molar-refractivity contribution in [2.45, 2.75) is 24.6 Å². The standard InChI is InChI=1S/C29H21F5N6O3/c30-18-3-5-19(6-4-18)39-27(43)36-26(42)28(39)9-12-38(13-10-28)25(41)23-15-24(17-2-1-11-35-16-17)40(37-23)20-7-8-21(22(31)14-20)29(32,33)34/h1-8,11,14-16H,9-10,12-13H2,(H,36,42,43). The highest BCUT2D eigenvalue weighted by molar-refractivity contribution is 6.17. The lowest BCUT2D eigenvalue weighted by Gasteiger charge is -2.41. The summed E-state index contributed by atoms with van der Waals surface area (Å²) in [5.74, 6) is -3.07. The van der Waals surface area contributed by atoms with Crippen LogP contribution in [0.15, 0.2) is 73.1 Å². The highest BCUT2D eigenvalue weighted by Crippen LogP contribution is 2.38. The van der Waals surface area contributed by atoms with Crippen molar-refractivity contribution in [1.82, 2.24) is 25.0 Å². The lowest BCUT2D eigenvalue weighted by atomic mass is 9.85. The second kappa shape index (κ2) is 10.3. The zero-order valence-electron chi connectivity index (χ0n) is 22.1. The molecule has 4 heterocycles. The molecule has 1 N–H and O–H groups in total. The summed E-state index contributed by atoms with van der Waals surface area (Å²) in [5, 5.41) is 6.63. The summed E-state index contributed by atoms with van der Waals surface area (Å²) in [6.07, 6.45) is -1.76. The van der Waals surface area contributed by atoms with Crippen molar-refractivity contribution >= 4 is 23.5 Å². The van der Waals surface area contributed by atoms with E-state index in [0.717, 1.165) is 10.7 Å². The number of alkyl halides is 3. The van der Waals surface area contributed by atoms with Crippen LogP contribution in [0.3, 0.4) is 0 Å². The molecule has 0 bridgehead atoms. The van der Waals surface area contributed by atoms with Gasteiger partial charge in [0.25, 0.3) is 11.8 Å². The molecule has 2 aliphatic heterocycles. The fourth-order valence-electron chi connectivity index (χ4n) is 5.48. The summed E-state index contributed by atoms with van der Waals surface area (Å²) in [6, 6.07) is 11.5. The molecule has 2 aliphatic rings. The summed E-state index contributed by atoms with van der Waals surface area (Å²) in [5.41, 5.74) is -1.75. The van der Waals surface area contributed by atoms with Crippen LogP contribution in [-0.4, -0.2) is 56.1 Å². The number of anilines is 1. The van der Waals surface area contributed by atoms with Crippen molar-refractivity contribution in [1.29, 1.82) is 0 Å². The number of urea groups is 1. The van der Waals surface area contributed by atoms with Gasteiger partial charge in [0.15, 0.2) is 5.69 Å². The van der Waals surface area contributed by atoms with E-state index in [2.05, 4.69) is 15.4 Å². The van der Waals surface area contributed by atoms with Gasteiger partial charge >= 0.3 is 12.2 Å². The van der Waals surface area contributed by atoms with Gasteiger partial charge in [-0.3, -0.25) is 24.8 Å². The van der Waals surface area contributed by atoms with Gasteiger partial charge in [0.1, 0.15) is 17.2 Å². The van der Waals surface area contributed by atoms with Crippen molar-refractivity contribution < 1.29 is 36.3 Å². The number of hydrogen-bond donors (Lipinski definition) is 1. The zero-order chi connectivity index (χ0) is 30.5. The fraction of sp³-hybridized carbons (Fsp3) is 0.207. The van der Waals surface area contributed by atoms with Gasteiger partial charge in [0, 0.05) is 42.8 Å². The maximum absolute atomic E-state index is 14.5. The first-order valence-electron chi connectivity index (χ1n) is 13.1. The minimum absolute atomic E-state index is 0.0444. The Labute approximate surface area is 240 Å². The second-order valence-corrected chi connectivity index (χ2v) is 10.1. The molecule has 0 unspecified atom stereocenters. The molecule has 2 saturated heterocycles. The number of nitrogens with zero attached hydrogens (tertiary/aromatic N) is 5. The number of aromatic nitrogens is 3. The highest BCUT2D eigenvalue weighted by atomic mass is 19.4. The summed E-state index contributed by atoms with van der Waals surface area (Å²) < 4.78 is 68.6. The van der Waals surface area contributed by atoms with Crippen molar-refractivity contribution in [3.63, 3.8) is 0 Å². The van der Waals surface area contributed by atoms with Gasteiger partial charge in [0.05, 0.1) is 16.9 Å². The van der Waals surface area contributed by atoms with Gasteiger partial charge in [-0.2, -0.15) is 18.3 Å². The number of pyridine rings is 1. The largest absolute Gasteiger partial charge is 0.419 e. The third-order valence-electron chi connectivity index (χ3n) is 7.63. The van der Waals surface area contributed by atoms with Gasteiger partial charge in [0.2, 0.25) is 0 Å². The van der Waals surface area contributed by atoms with Crippen LogP contribution in [-0.2, 0) is 11.0 Å². The molecular formula is C29H21F5N6O3. The van der Waals surface area contributed by atoms with E-state index in [1.165, 1.54) is 52.5 Å². The Morgan fingerprint density at radius 2 is 1.63 bits per heavy atom. The van der Waals surface area contributed by atoms with Crippen molar-refractivity contribution in [3.05, 3.63) is 95.9 Å². The second-order valence-electron chi connectivity index (χ2n) is 10.1. The molecule has 0 saturated carbocycles. The van der Waals surface area contributed by atoms with E-state index in [-0.39, 0.29) is 43.0 Å². The van der Waals surface area contributed by atoms with E-state index in [1.54, 1.807) is 12.1 Å². The summed E-state index contributed by atoms with van der Waals surface area (Å²) in [7, 11) is 0. The molecule has 0 atom stereocenters. The van der Waals surface area contributed by atoms with Gasteiger partial charge in [-0.15, -0.1) is 0 Å². The minimum Gasteiger partial charge on any atom is -0.337 e. The van der Waals surface area contributed by atoms with Crippen LogP contribution >= 0.6 is 0 Å². The Hall–Kier alpha value is -5.14. The van der Waals surface area contributed by atoms with Crippen LogP contribution in [0.1, 0.15) is 28.9 Å².